The zero-order valence-corrected chi connectivity index (χ0v) is 11.3. The summed E-state index contributed by atoms with van der Waals surface area (Å²) in [6, 6.07) is 5.24. The van der Waals surface area contributed by atoms with E-state index in [-0.39, 0.29) is 11.8 Å². The molecule has 0 bridgehead atoms. The van der Waals surface area contributed by atoms with E-state index in [1.54, 1.807) is 24.5 Å². The van der Waals surface area contributed by atoms with E-state index in [9.17, 15) is 13.2 Å². The van der Waals surface area contributed by atoms with Gasteiger partial charge in [0.05, 0.1) is 23.6 Å². The number of aryl methyl sites for hydroxylation is 1. The van der Waals surface area contributed by atoms with Gasteiger partial charge in [0.1, 0.15) is 5.75 Å². The summed E-state index contributed by atoms with van der Waals surface area (Å²) in [7, 11) is 0. The summed E-state index contributed by atoms with van der Waals surface area (Å²) in [4.78, 5) is 8.29. The molecule has 0 spiro atoms. The first-order valence-corrected chi connectivity index (χ1v) is 6.22. The zero-order valence-electron chi connectivity index (χ0n) is 11.3. The summed E-state index contributed by atoms with van der Waals surface area (Å²) < 4.78 is 40.0. The summed E-state index contributed by atoms with van der Waals surface area (Å²) in [5, 5.41) is 0. The number of rotatable bonds is 4. The fourth-order valence-electron chi connectivity index (χ4n) is 1.78. The lowest BCUT2D eigenvalue weighted by molar-refractivity contribution is -0.274. The van der Waals surface area contributed by atoms with Crippen molar-refractivity contribution in [3.63, 3.8) is 0 Å². The Kier molecular flexibility index (Phi) is 4.42. The van der Waals surface area contributed by atoms with Crippen molar-refractivity contribution in [2.75, 3.05) is 0 Å². The maximum Gasteiger partial charge on any atom is 0.573 e. The second kappa shape index (κ2) is 6.09. The minimum atomic E-state index is -4.69. The Labute approximate surface area is 119 Å². The monoisotopic (exact) mass is 297 g/mol. The molecule has 2 aromatic rings. The molecule has 21 heavy (non-hydrogen) atoms. The van der Waals surface area contributed by atoms with E-state index in [0.717, 1.165) is 11.3 Å². The maximum absolute atomic E-state index is 12.0. The molecule has 0 saturated carbocycles. The van der Waals surface area contributed by atoms with Crippen molar-refractivity contribution in [1.82, 2.24) is 9.97 Å². The van der Waals surface area contributed by atoms with E-state index >= 15 is 0 Å². The molecule has 2 rings (SSSR count). The van der Waals surface area contributed by atoms with E-state index < -0.39 is 6.36 Å². The SMILES string of the molecule is Cc1cnc(C(N)Cc2ccc(OC(F)(F)F)cc2)cn1. The molecule has 1 aromatic heterocycles. The number of hydrogen-bond acceptors (Lipinski definition) is 4. The van der Waals surface area contributed by atoms with Crippen LogP contribution in [-0.2, 0) is 6.42 Å². The van der Waals surface area contributed by atoms with Crippen LogP contribution in [0.2, 0.25) is 0 Å². The standard InChI is InChI=1S/C14H14F3N3O/c1-9-7-20-13(8-19-9)12(18)6-10-2-4-11(5-3-10)21-14(15,16)17/h2-5,7-8,12H,6,18H2,1H3. The second-order valence-corrected chi connectivity index (χ2v) is 4.59. The highest BCUT2D eigenvalue weighted by Gasteiger charge is 2.30. The van der Waals surface area contributed by atoms with Gasteiger partial charge in [-0.25, -0.2) is 0 Å². The average Bonchev–Trinajstić information content (AvgIpc) is 2.40. The predicted octanol–water partition coefficient (Wildman–Crippen LogP) is 2.93. The number of nitrogens with zero attached hydrogens (tertiary/aromatic N) is 2. The van der Waals surface area contributed by atoms with Crippen LogP contribution in [0.5, 0.6) is 5.75 Å². The Morgan fingerprint density at radius 1 is 1.14 bits per heavy atom. The Balaban J connectivity index is 2.01. The molecule has 1 unspecified atom stereocenters. The highest BCUT2D eigenvalue weighted by Crippen LogP contribution is 2.23. The van der Waals surface area contributed by atoms with Crippen LogP contribution in [0.4, 0.5) is 13.2 Å². The molecule has 0 saturated heterocycles. The number of alkyl halides is 3. The summed E-state index contributed by atoms with van der Waals surface area (Å²) in [6.07, 6.45) is -1.02. The predicted molar refractivity (Wildman–Crippen MR) is 70.5 cm³/mol. The van der Waals surface area contributed by atoms with Gasteiger partial charge in [-0.3, -0.25) is 9.97 Å². The molecule has 112 valence electrons. The first-order chi connectivity index (χ1) is 9.83. The average molecular weight is 297 g/mol. The van der Waals surface area contributed by atoms with Gasteiger partial charge in [-0.15, -0.1) is 13.2 Å². The number of hydrogen-bond donors (Lipinski definition) is 1. The van der Waals surface area contributed by atoms with Crippen molar-refractivity contribution in [1.29, 1.82) is 0 Å². The lowest BCUT2D eigenvalue weighted by Gasteiger charge is -2.12. The molecule has 1 aromatic carbocycles. The largest absolute Gasteiger partial charge is 0.573 e. The van der Waals surface area contributed by atoms with Crippen molar-refractivity contribution in [3.8, 4) is 5.75 Å². The van der Waals surface area contributed by atoms with Crippen LogP contribution in [0, 0.1) is 6.92 Å². The molecule has 0 amide bonds. The maximum atomic E-state index is 12.0. The van der Waals surface area contributed by atoms with Crippen LogP contribution < -0.4 is 10.5 Å². The van der Waals surface area contributed by atoms with E-state index in [1.807, 2.05) is 6.92 Å². The van der Waals surface area contributed by atoms with Crippen LogP contribution in [0.1, 0.15) is 23.0 Å². The van der Waals surface area contributed by atoms with E-state index in [1.165, 1.54) is 12.1 Å². The Morgan fingerprint density at radius 3 is 2.33 bits per heavy atom. The molecule has 0 aliphatic heterocycles. The van der Waals surface area contributed by atoms with Crippen molar-refractivity contribution in [2.45, 2.75) is 25.7 Å². The van der Waals surface area contributed by atoms with Gasteiger partial charge >= 0.3 is 6.36 Å². The van der Waals surface area contributed by atoms with Crippen molar-refractivity contribution in [3.05, 3.63) is 53.6 Å². The minimum absolute atomic E-state index is 0.255. The fraction of sp³-hybridized carbons (Fsp3) is 0.286. The fourth-order valence-corrected chi connectivity index (χ4v) is 1.78. The topological polar surface area (TPSA) is 61.0 Å². The molecular weight excluding hydrogens is 283 g/mol. The normalized spacial score (nSPS) is 13.0. The third kappa shape index (κ3) is 4.71. The highest BCUT2D eigenvalue weighted by molar-refractivity contribution is 5.28. The Bertz CT molecular complexity index is 582. The second-order valence-electron chi connectivity index (χ2n) is 4.59. The molecule has 1 heterocycles. The number of nitrogens with two attached hydrogens (primary N) is 1. The van der Waals surface area contributed by atoms with E-state index in [0.29, 0.717) is 12.1 Å². The van der Waals surface area contributed by atoms with Gasteiger partial charge in [0, 0.05) is 6.20 Å². The molecule has 7 heteroatoms. The highest BCUT2D eigenvalue weighted by atomic mass is 19.4. The third-order valence-corrected chi connectivity index (χ3v) is 2.79. The number of halogens is 3. The van der Waals surface area contributed by atoms with Crippen molar-refractivity contribution >= 4 is 0 Å². The van der Waals surface area contributed by atoms with Crippen LogP contribution in [0.3, 0.4) is 0 Å². The molecule has 0 aliphatic rings. The smallest absolute Gasteiger partial charge is 0.406 e. The summed E-state index contributed by atoms with van der Waals surface area (Å²) in [5.41, 5.74) is 8.22. The minimum Gasteiger partial charge on any atom is -0.406 e. The molecule has 0 aliphatic carbocycles. The van der Waals surface area contributed by atoms with Crippen LogP contribution in [-0.4, -0.2) is 16.3 Å². The van der Waals surface area contributed by atoms with Gasteiger partial charge in [0.2, 0.25) is 0 Å². The number of benzene rings is 1. The van der Waals surface area contributed by atoms with E-state index in [4.69, 9.17) is 5.73 Å². The first-order valence-electron chi connectivity index (χ1n) is 6.22. The lowest BCUT2D eigenvalue weighted by Crippen LogP contribution is -2.17. The van der Waals surface area contributed by atoms with Crippen LogP contribution >= 0.6 is 0 Å². The van der Waals surface area contributed by atoms with Crippen molar-refractivity contribution in [2.24, 2.45) is 5.73 Å². The van der Waals surface area contributed by atoms with Gasteiger partial charge in [0.15, 0.2) is 0 Å². The van der Waals surface area contributed by atoms with Gasteiger partial charge in [-0.2, -0.15) is 0 Å². The number of ether oxygens (including phenoxy) is 1. The Hall–Kier alpha value is -2.15. The molecule has 0 radical (unpaired) electrons. The quantitative estimate of drug-likeness (QED) is 0.942. The third-order valence-electron chi connectivity index (χ3n) is 2.79. The molecular formula is C14H14F3N3O. The van der Waals surface area contributed by atoms with Gasteiger partial charge in [0.25, 0.3) is 0 Å². The van der Waals surface area contributed by atoms with Gasteiger partial charge < -0.3 is 10.5 Å². The number of aromatic nitrogens is 2. The summed E-state index contributed by atoms with van der Waals surface area (Å²) in [6.45, 7) is 1.82. The summed E-state index contributed by atoms with van der Waals surface area (Å²) >= 11 is 0. The van der Waals surface area contributed by atoms with Crippen LogP contribution in [0.25, 0.3) is 0 Å². The van der Waals surface area contributed by atoms with Crippen LogP contribution in [0.15, 0.2) is 36.7 Å². The molecule has 4 nitrogen and oxygen atoms in total. The van der Waals surface area contributed by atoms with Crippen molar-refractivity contribution < 1.29 is 17.9 Å². The molecule has 2 N–H and O–H groups in total. The summed E-state index contributed by atoms with van der Waals surface area (Å²) in [5.74, 6) is -0.255. The molecule has 0 fully saturated rings. The van der Waals surface area contributed by atoms with Gasteiger partial charge in [-0.1, -0.05) is 12.1 Å². The van der Waals surface area contributed by atoms with E-state index in [2.05, 4.69) is 14.7 Å². The first kappa shape index (κ1) is 15.2. The van der Waals surface area contributed by atoms with Gasteiger partial charge in [-0.05, 0) is 31.0 Å². The Morgan fingerprint density at radius 2 is 1.81 bits per heavy atom. The lowest BCUT2D eigenvalue weighted by atomic mass is 10.0. The molecule has 1 atom stereocenters. The zero-order chi connectivity index (χ0) is 15.5.